The predicted molar refractivity (Wildman–Crippen MR) is 81.2 cm³/mol. The molecule has 0 aliphatic heterocycles. The molecule has 0 fully saturated rings. The van der Waals surface area contributed by atoms with Crippen LogP contribution in [0.5, 0.6) is 0 Å². The highest BCUT2D eigenvalue weighted by molar-refractivity contribution is 5.29. The van der Waals surface area contributed by atoms with Gasteiger partial charge >= 0.3 is 0 Å². The van der Waals surface area contributed by atoms with Gasteiger partial charge in [0.1, 0.15) is 0 Å². The molecule has 2 N–H and O–H groups in total. The van der Waals surface area contributed by atoms with E-state index in [0.717, 1.165) is 6.54 Å². The van der Waals surface area contributed by atoms with Crippen LogP contribution < -0.4 is 5.73 Å². The van der Waals surface area contributed by atoms with E-state index in [0.29, 0.717) is 19.6 Å². The van der Waals surface area contributed by atoms with Gasteiger partial charge in [0.2, 0.25) is 0 Å². The van der Waals surface area contributed by atoms with Gasteiger partial charge in [-0.15, -0.1) is 0 Å². The van der Waals surface area contributed by atoms with Crippen LogP contribution in [0.2, 0.25) is 0 Å². The Hall–Kier alpha value is -1.41. The first-order valence-electron chi connectivity index (χ1n) is 7.02. The first-order valence-corrected chi connectivity index (χ1v) is 7.02. The second-order valence-corrected chi connectivity index (χ2v) is 5.10. The standard InChI is InChI=1S/C16H25N3O/c1-13-7-4-5-8-15(13)16(14(2)18)19(10-6-9-17)11-12-20-3/h4-5,7-8,14,16H,6,10-12,18H2,1-3H3. The van der Waals surface area contributed by atoms with Gasteiger partial charge in [-0.05, 0) is 25.0 Å². The Balaban J connectivity index is 3.01. The van der Waals surface area contributed by atoms with Crippen molar-refractivity contribution >= 4 is 0 Å². The molecule has 2 atom stereocenters. The molecule has 0 amide bonds. The predicted octanol–water partition coefficient (Wildman–Crippen LogP) is 2.25. The highest BCUT2D eigenvalue weighted by Gasteiger charge is 2.24. The molecule has 20 heavy (non-hydrogen) atoms. The van der Waals surface area contributed by atoms with E-state index < -0.39 is 0 Å². The third-order valence-electron chi connectivity index (χ3n) is 3.49. The lowest BCUT2D eigenvalue weighted by Gasteiger charge is -2.35. The van der Waals surface area contributed by atoms with E-state index in [1.807, 2.05) is 19.1 Å². The normalized spacial score (nSPS) is 14.0. The summed E-state index contributed by atoms with van der Waals surface area (Å²) in [4.78, 5) is 2.25. The topological polar surface area (TPSA) is 62.3 Å². The van der Waals surface area contributed by atoms with Crippen molar-refractivity contribution in [3.05, 3.63) is 35.4 Å². The molecule has 2 unspecified atom stereocenters. The second-order valence-electron chi connectivity index (χ2n) is 5.10. The number of rotatable bonds is 8. The summed E-state index contributed by atoms with van der Waals surface area (Å²) in [5, 5.41) is 8.85. The number of nitrogens with two attached hydrogens (primary N) is 1. The van der Waals surface area contributed by atoms with E-state index in [2.05, 4.69) is 30.0 Å². The number of ether oxygens (including phenoxy) is 1. The molecule has 1 aromatic carbocycles. The van der Waals surface area contributed by atoms with Crippen molar-refractivity contribution in [2.24, 2.45) is 5.73 Å². The van der Waals surface area contributed by atoms with Gasteiger partial charge in [-0.25, -0.2) is 0 Å². The molecule has 1 aromatic rings. The highest BCUT2D eigenvalue weighted by Crippen LogP contribution is 2.26. The summed E-state index contributed by atoms with van der Waals surface area (Å²) in [5.74, 6) is 0. The molecule has 110 valence electrons. The van der Waals surface area contributed by atoms with Crippen molar-refractivity contribution in [2.75, 3.05) is 26.8 Å². The Bertz CT molecular complexity index is 440. The number of aryl methyl sites for hydroxylation is 1. The van der Waals surface area contributed by atoms with E-state index in [-0.39, 0.29) is 12.1 Å². The molecule has 0 spiro atoms. The number of nitrogens with zero attached hydrogens (tertiary/aromatic N) is 2. The highest BCUT2D eigenvalue weighted by atomic mass is 16.5. The molecule has 0 aromatic heterocycles. The fourth-order valence-corrected chi connectivity index (χ4v) is 2.52. The van der Waals surface area contributed by atoms with Gasteiger partial charge < -0.3 is 10.5 Å². The maximum absolute atomic E-state index is 8.85. The van der Waals surface area contributed by atoms with Gasteiger partial charge in [0.25, 0.3) is 0 Å². The van der Waals surface area contributed by atoms with Gasteiger partial charge in [-0.3, -0.25) is 4.90 Å². The SMILES string of the molecule is COCCN(CCC#N)C(c1ccccc1C)C(C)N. The van der Waals surface area contributed by atoms with Crippen LogP contribution in [-0.4, -0.2) is 37.7 Å². The molecule has 0 radical (unpaired) electrons. The summed E-state index contributed by atoms with van der Waals surface area (Å²) >= 11 is 0. The van der Waals surface area contributed by atoms with Gasteiger partial charge in [0, 0.05) is 38.7 Å². The van der Waals surface area contributed by atoms with Crippen molar-refractivity contribution < 1.29 is 4.74 Å². The number of hydrogen-bond donors (Lipinski definition) is 1. The first-order chi connectivity index (χ1) is 9.61. The van der Waals surface area contributed by atoms with Crippen molar-refractivity contribution in [2.45, 2.75) is 32.4 Å². The third kappa shape index (κ3) is 4.61. The average Bonchev–Trinajstić information content (AvgIpc) is 2.43. The Morgan fingerprint density at radius 2 is 2.05 bits per heavy atom. The van der Waals surface area contributed by atoms with Crippen molar-refractivity contribution in [1.29, 1.82) is 5.26 Å². The largest absolute Gasteiger partial charge is 0.383 e. The van der Waals surface area contributed by atoms with Crippen LogP contribution in [-0.2, 0) is 4.74 Å². The zero-order valence-corrected chi connectivity index (χ0v) is 12.7. The second kappa shape index (κ2) is 8.70. The Morgan fingerprint density at radius 3 is 2.60 bits per heavy atom. The van der Waals surface area contributed by atoms with Gasteiger partial charge in [0.05, 0.1) is 12.7 Å². The zero-order chi connectivity index (χ0) is 15.0. The average molecular weight is 275 g/mol. The lowest BCUT2D eigenvalue weighted by atomic mass is 9.95. The molecule has 4 nitrogen and oxygen atoms in total. The van der Waals surface area contributed by atoms with Crippen LogP contribution >= 0.6 is 0 Å². The van der Waals surface area contributed by atoms with Gasteiger partial charge in [-0.1, -0.05) is 24.3 Å². The molecule has 1 rings (SSSR count). The van der Waals surface area contributed by atoms with E-state index >= 15 is 0 Å². The lowest BCUT2D eigenvalue weighted by molar-refractivity contribution is 0.112. The number of nitriles is 1. The smallest absolute Gasteiger partial charge is 0.0635 e. The Morgan fingerprint density at radius 1 is 1.35 bits per heavy atom. The van der Waals surface area contributed by atoms with E-state index in [1.54, 1.807) is 7.11 Å². The van der Waals surface area contributed by atoms with Crippen molar-refractivity contribution in [1.82, 2.24) is 4.90 Å². The zero-order valence-electron chi connectivity index (χ0n) is 12.7. The first kappa shape index (κ1) is 16.6. The molecule has 0 aliphatic rings. The van der Waals surface area contributed by atoms with Crippen molar-refractivity contribution in [3.63, 3.8) is 0 Å². The van der Waals surface area contributed by atoms with Crippen molar-refractivity contribution in [3.8, 4) is 6.07 Å². The van der Waals surface area contributed by atoms with E-state index in [1.165, 1.54) is 11.1 Å². The summed E-state index contributed by atoms with van der Waals surface area (Å²) in [5.41, 5.74) is 8.68. The molecule has 0 heterocycles. The fraction of sp³-hybridized carbons (Fsp3) is 0.562. The summed E-state index contributed by atoms with van der Waals surface area (Å²) < 4.78 is 5.18. The minimum Gasteiger partial charge on any atom is -0.383 e. The number of benzene rings is 1. The molecule has 0 saturated heterocycles. The number of methoxy groups -OCH3 is 1. The molecule has 0 bridgehead atoms. The van der Waals surface area contributed by atoms with Crippen LogP contribution in [0.1, 0.15) is 30.5 Å². The summed E-state index contributed by atoms with van der Waals surface area (Å²) in [6.45, 7) is 6.24. The molecule has 0 aliphatic carbocycles. The minimum atomic E-state index is -0.00773. The monoisotopic (exact) mass is 275 g/mol. The van der Waals surface area contributed by atoms with E-state index in [9.17, 15) is 0 Å². The fourth-order valence-electron chi connectivity index (χ4n) is 2.52. The van der Waals surface area contributed by atoms with Crippen LogP contribution in [0, 0.1) is 18.3 Å². The lowest BCUT2D eigenvalue weighted by Crippen LogP contribution is -2.42. The molecular weight excluding hydrogens is 250 g/mol. The summed E-state index contributed by atoms with van der Waals surface area (Å²) in [6, 6.07) is 10.6. The van der Waals surface area contributed by atoms with Crippen LogP contribution in [0.25, 0.3) is 0 Å². The third-order valence-corrected chi connectivity index (χ3v) is 3.49. The van der Waals surface area contributed by atoms with Gasteiger partial charge in [-0.2, -0.15) is 5.26 Å². The molecule has 0 saturated carbocycles. The van der Waals surface area contributed by atoms with Crippen LogP contribution in [0.3, 0.4) is 0 Å². The number of hydrogen-bond acceptors (Lipinski definition) is 4. The maximum Gasteiger partial charge on any atom is 0.0635 e. The van der Waals surface area contributed by atoms with E-state index in [4.69, 9.17) is 15.7 Å². The summed E-state index contributed by atoms with van der Waals surface area (Å²) in [7, 11) is 1.69. The Labute approximate surface area is 122 Å². The maximum atomic E-state index is 8.85. The van der Waals surface area contributed by atoms with Crippen LogP contribution in [0.15, 0.2) is 24.3 Å². The minimum absolute atomic E-state index is 0.00773. The van der Waals surface area contributed by atoms with Crippen LogP contribution in [0.4, 0.5) is 0 Å². The van der Waals surface area contributed by atoms with Gasteiger partial charge in [0.15, 0.2) is 0 Å². The summed E-state index contributed by atoms with van der Waals surface area (Å²) in [6.07, 6.45) is 0.499. The molecular formula is C16H25N3O. The molecule has 4 heteroatoms. The quantitative estimate of drug-likeness (QED) is 0.790. The Kier molecular flexibility index (Phi) is 7.24.